The van der Waals surface area contributed by atoms with Gasteiger partial charge < -0.3 is 15.2 Å². The summed E-state index contributed by atoms with van der Waals surface area (Å²) in [6.07, 6.45) is 4.89. The number of thiophene rings is 1. The van der Waals surface area contributed by atoms with Gasteiger partial charge in [-0.25, -0.2) is 4.98 Å². The van der Waals surface area contributed by atoms with Crippen LogP contribution in [0.3, 0.4) is 0 Å². The van der Waals surface area contributed by atoms with Crippen LogP contribution in [0.4, 0.5) is 0 Å². The van der Waals surface area contributed by atoms with Crippen LogP contribution in [0.1, 0.15) is 71.4 Å². The van der Waals surface area contributed by atoms with Crippen LogP contribution in [-0.4, -0.2) is 39.8 Å². The lowest BCUT2D eigenvalue weighted by atomic mass is 10.1. The summed E-state index contributed by atoms with van der Waals surface area (Å²) in [6.45, 7) is 3.70. The molecule has 3 aromatic rings. The van der Waals surface area contributed by atoms with E-state index in [1.807, 2.05) is 48.2 Å². The van der Waals surface area contributed by atoms with E-state index < -0.39 is 0 Å². The van der Waals surface area contributed by atoms with Crippen LogP contribution >= 0.6 is 11.3 Å². The summed E-state index contributed by atoms with van der Waals surface area (Å²) >= 11 is 1.50. The molecule has 0 bridgehead atoms. The fraction of sp³-hybridized carbons (Fsp3) is 0.458. The molecule has 1 aliphatic carbocycles. The van der Waals surface area contributed by atoms with E-state index in [2.05, 4.69) is 15.3 Å². The molecule has 5 rings (SSSR count). The molecule has 2 N–H and O–H groups in total. The molecule has 2 amide bonds. The molecule has 162 valence electrons. The molecule has 1 aliphatic heterocycles. The first-order valence-electron chi connectivity index (χ1n) is 11.2. The topological polar surface area (TPSA) is 78.1 Å². The smallest absolute Gasteiger partial charge is 0.263 e. The molecule has 31 heavy (non-hydrogen) atoms. The molecule has 3 heterocycles. The van der Waals surface area contributed by atoms with E-state index in [9.17, 15) is 9.59 Å². The van der Waals surface area contributed by atoms with Gasteiger partial charge in [0.1, 0.15) is 5.82 Å². The number of hydrogen-bond donors (Lipinski definition) is 2. The summed E-state index contributed by atoms with van der Waals surface area (Å²) in [5, 5.41) is 3.11. The Morgan fingerprint density at radius 1 is 1.19 bits per heavy atom. The molecule has 1 saturated carbocycles. The van der Waals surface area contributed by atoms with Crippen LogP contribution in [0.25, 0.3) is 11.0 Å². The average Bonchev–Trinajstić information content (AvgIpc) is 3.18. The summed E-state index contributed by atoms with van der Waals surface area (Å²) in [4.78, 5) is 37.1. The average molecular weight is 437 g/mol. The maximum absolute atomic E-state index is 12.7. The minimum absolute atomic E-state index is 0.0634. The molecule has 0 spiro atoms. The highest BCUT2D eigenvalue weighted by Crippen LogP contribution is 2.48. The fourth-order valence-corrected chi connectivity index (χ4v) is 5.50. The van der Waals surface area contributed by atoms with Crippen molar-refractivity contribution in [2.75, 3.05) is 13.1 Å². The molecule has 2 aliphatic rings. The van der Waals surface area contributed by atoms with E-state index in [1.54, 1.807) is 0 Å². The van der Waals surface area contributed by atoms with Gasteiger partial charge in [0.2, 0.25) is 5.91 Å². The van der Waals surface area contributed by atoms with Gasteiger partial charge >= 0.3 is 0 Å². The van der Waals surface area contributed by atoms with Gasteiger partial charge in [0.15, 0.2) is 0 Å². The van der Waals surface area contributed by atoms with Crippen LogP contribution in [0.5, 0.6) is 0 Å². The largest absolute Gasteiger partial charge is 0.349 e. The predicted octanol–water partition coefficient (Wildman–Crippen LogP) is 4.62. The Morgan fingerprint density at radius 3 is 2.81 bits per heavy atom. The van der Waals surface area contributed by atoms with Gasteiger partial charge in [0.25, 0.3) is 5.91 Å². The van der Waals surface area contributed by atoms with E-state index >= 15 is 0 Å². The number of amides is 2. The minimum Gasteiger partial charge on any atom is -0.349 e. The Labute approximate surface area is 186 Å². The lowest BCUT2D eigenvalue weighted by Crippen LogP contribution is -2.35. The third kappa shape index (κ3) is 4.37. The van der Waals surface area contributed by atoms with Crippen molar-refractivity contribution < 1.29 is 9.59 Å². The number of aromatic nitrogens is 2. The number of rotatable bonds is 6. The quantitative estimate of drug-likeness (QED) is 0.592. The van der Waals surface area contributed by atoms with Crippen molar-refractivity contribution in [3.8, 4) is 0 Å². The number of fused-ring (bicyclic) bond motifs is 1. The van der Waals surface area contributed by atoms with Gasteiger partial charge in [0.05, 0.1) is 22.0 Å². The maximum atomic E-state index is 12.7. The summed E-state index contributed by atoms with van der Waals surface area (Å²) in [5.41, 5.74) is 2.03. The van der Waals surface area contributed by atoms with Crippen molar-refractivity contribution in [1.29, 1.82) is 0 Å². The Balaban J connectivity index is 1.14. The van der Waals surface area contributed by atoms with Crippen molar-refractivity contribution in [2.24, 2.45) is 5.92 Å². The van der Waals surface area contributed by atoms with Crippen molar-refractivity contribution in [3.05, 3.63) is 52.0 Å². The van der Waals surface area contributed by atoms with E-state index in [4.69, 9.17) is 0 Å². The van der Waals surface area contributed by atoms with Crippen LogP contribution in [0, 0.1) is 5.92 Å². The van der Waals surface area contributed by atoms with Crippen LogP contribution in [0.2, 0.25) is 0 Å². The summed E-state index contributed by atoms with van der Waals surface area (Å²) in [5.74, 6) is 1.86. The highest BCUT2D eigenvalue weighted by atomic mass is 32.1. The lowest BCUT2D eigenvalue weighted by molar-refractivity contribution is -0.122. The van der Waals surface area contributed by atoms with Gasteiger partial charge in [-0.1, -0.05) is 12.1 Å². The third-order valence-electron chi connectivity index (χ3n) is 6.41. The molecule has 2 aromatic heterocycles. The first kappa shape index (κ1) is 20.2. The second kappa shape index (κ2) is 8.46. The molecule has 0 unspecified atom stereocenters. The molecule has 1 aromatic carbocycles. The second-order valence-corrected chi connectivity index (χ2v) is 9.91. The number of carbonyl (C=O) groups excluding carboxylic acids is 2. The number of H-pyrrole nitrogens is 1. The Morgan fingerprint density at radius 2 is 2.00 bits per heavy atom. The first-order valence-corrected chi connectivity index (χ1v) is 12.0. The van der Waals surface area contributed by atoms with E-state index in [0.717, 1.165) is 59.0 Å². The van der Waals surface area contributed by atoms with Crippen molar-refractivity contribution in [2.45, 2.75) is 51.0 Å². The predicted molar refractivity (Wildman–Crippen MR) is 122 cm³/mol. The Kier molecular flexibility index (Phi) is 5.52. The van der Waals surface area contributed by atoms with E-state index in [0.29, 0.717) is 18.3 Å². The highest BCUT2D eigenvalue weighted by Gasteiger charge is 2.42. The molecule has 7 heteroatoms. The number of benzene rings is 1. The highest BCUT2D eigenvalue weighted by molar-refractivity contribution is 7.14. The van der Waals surface area contributed by atoms with Gasteiger partial charge in [-0.2, -0.15) is 0 Å². The van der Waals surface area contributed by atoms with Crippen molar-refractivity contribution in [1.82, 2.24) is 20.2 Å². The summed E-state index contributed by atoms with van der Waals surface area (Å²) in [7, 11) is 0. The molecule has 1 saturated heterocycles. The number of imidazole rings is 1. The number of para-hydroxylation sites is 2. The van der Waals surface area contributed by atoms with Crippen LogP contribution < -0.4 is 5.32 Å². The molecule has 0 radical (unpaired) electrons. The zero-order valence-electron chi connectivity index (χ0n) is 17.8. The van der Waals surface area contributed by atoms with Gasteiger partial charge in [0, 0.05) is 30.3 Å². The molecular weight excluding hydrogens is 408 g/mol. The molecular formula is C24H28N4O2S. The number of carbonyl (C=O) groups is 2. The second-order valence-electron chi connectivity index (χ2n) is 8.79. The molecule has 2 fully saturated rings. The fourth-order valence-electron chi connectivity index (χ4n) is 4.52. The third-order valence-corrected chi connectivity index (χ3v) is 7.67. The summed E-state index contributed by atoms with van der Waals surface area (Å²) in [6, 6.07) is 11.8. The zero-order chi connectivity index (χ0) is 21.4. The van der Waals surface area contributed by atoms with Gasteiger partial charge in [-0.15, -0.1) is 11.3 Å². The molecule has 6 nitrogen and oxygen atoms in total. The van der Waals surface area contributed by atoms with Crippen molar-refractivity contribution in [3.63, 3.8) is 0 Å². The number of likely N-dealkylation sites (tertiary alicyclic amines) is 1. The standard InChI is InChI=1S/C24H28N4O2S/c1-15(20-9-10-21(31-20)24(30)28-11-5-2-6-12-28)25-22(29)14-16-13-17(16)23-26-18-7-3-4-8-19(18)27-23/h3-4,7-10,15-17H,2,5-6,11-14H2,1H3,(H,25,29)(H,26,27)/t15-,16+,17+/m1/s1. The Hall–Kier alpha value is -2.67. The van der Waals surface area contributed by atoms with Gasteiger partial charge in [-0.3, -0.25) is 9.59 Å². The van der Waals surface area contributed by atoms with E-state index in [1.165, 1.54) is 17.8 Å². The van der Waals surface area contributed by atoms with Crippen molar-refractivity contribution >= 4 is 34.2 Å². The lowest BCUT2D eigenvalue weighted by Gasteiger charge is -2.26. The SMILES string of the molecule is C[C@@H](NC(=O)C[C@@H]1C[C@@H]1c1nc2ccccc2[nH]1)c1ccc(C(=O)N2CCCCC2)s1. The monoisotopic (exact) mass is 436 g/mol. The number of nitrogens with zero attached hydrogens (tertiary/aromatic N) is 2. The normalized spacial score (nSPS) is 21.8. The number of hydrogen-bond acceptors (Lipinski definition) is 4. The van der Waals surface area contributed by atoms with Gasteiger partial charge in [-0.05, 0) is 62.8 Å². The zero-order valence-corrected chi connectivity index (χ0v) is 18.6. The Bertz CT molecular complexity index is 1060. The number of aromatic amines is 1. The number of nitrogens with one attached hydrogen (secondary N) is 2. The van der Waals surface area contributed by atoms with E-state index in [-0.39, 0.29) is 17.9 Å². The summed E-state index contributed by atoms with van der Waals surface area (Å²) < 4.78 is 0. The van der Waals surface area contributed by atoms with Crippen LogP contribution in [0.15, 0.2) is 36.4 Å². The first-order chi connectivity index (χ1) is 15.1. The van der Waals surface area contributed by atoms with Crippen LogP contribution in [-0.2, 0) is 4.79 Å². The molecule has 3 atom stereocenters. The minimum atomic E-state index is -0.0937. The maximum Gasteiger partial charge on any atom is 0.263 e. The number of piperidine rings is 1.